The Bertz CT molecular complexity index is 770. The van der Waals surface area contributed by atoms with Crippen LogP contribution in [0.1, 0.15) is 5.69 Å². The lowest BCUT2D eigenvalue weighted by molar-refractivity contribution is 1.32. The van der Waals surface area contributed by atoms with Crippen molar-refractivity contribution in [2.75, 3.05) is 5.73 Å². The van der Waals surface area contributed by atoms with Crippen LogP contribution in [-0.4, -0.2) is 9.97 Å². The second-order valence-electron chi connectivity index (χ2n) is 3.75. The molecule has 0 saturated carbocycles. The minimum Gasteiger partial charge on any atom is -0.375 e. The van der Waals surface area contributed by atoms with Crippen LogP contribution in [0.2, 0.25) is 0 Å². The maximum Gasteiger partial charge on any atom is 0.180 e. The van der Waals surface area contributed by atoms with Gasteiger partial charge in [0.15, 0.2) is 5.13 Å². The number of hydrogen-bond acceptors (Lipinski definition) is 5. The average molecular weight is 252 g/mol. The molecule has 0 amide bonds. The van der Waals surface area contributed by atoms with Crippen LogP contribution in [0.15, 0.2) is 36.5 Å². The van der Waals surface area contributed by atoms with Gasteiger partial charge in [-0.1, -0.05) is 29.5 Å². The van der Waals surface area contributed by atoms with Gasteiger partial charge in [0, 0.05) is 17.1 Å². The number of benzene rings is 1. The summed E-state index contributed by atoms with van der Waals surface area (Å²) < 4.78 is 0. The molecule has 1 aromatic carbocycles. The number of nitriles is 1. The predicted molar refractivity (Wildman–Crippen MR) is 72.0 cm³/mol. The topological polar surface area (TPSA) is 75.6 Å². The number of nitrogens with zero attached hydrogens (tertiary/aromatic N) is 3. The fourth-order valence-electron chi connectivity index (χ4n) is 1.80. The molecule has 3 aromatic rings. The van der Waals surface area contributed by atoms with Crippen molar-refractivity contribution in [3.63, 3.8) is 0 Å². The van der Waals surface area contributed by atoms with Gasteiger partial charge in [-0.05, 0) is 12.1 Å². The summed E-state index contributed by atoms with van der Waals surface area (Å²) in [5.41, 5.74) is 7.62. The smallest absolute Gasteiger partial charge is 0.180 e. The molecule has 0 bridgehead atoms. The molecule has 0 aliphatic heterocycles. The number of rotatable bonds is 1. The van der Waals surface area contributed by atoms with Gasteiger partial charge in [-0.15, -0.1) is 0 Å². The van der Waals surface area contributed by atoms with Crippen molar-refractivity contribution in [3.05, 3.63) is 42.2 Å². The van der Waals surface area contributed by atoms with Gasteiger partial charge < -0.3 is 5.73 Å². The van der Waals surface area contributed by atoms with E-state index in [2.05, 4.69) is 16.0 Å². The van der Waals surface area contributed by atoms with Crippen molar-refractivity contribution < 1.29 is 0 Å². The lowest BCUT2D eigenvalue weighted by atomic mass is 10.1. The molecular weight excluding hydrogens is 244 g/mol. The van der Waals surface area contributed by atoms with Crippen molar-refractivity contribution in [1.29, 1.82) is 5.26 Å². The standard InChI is InChI=1S/C13H8N4S/c14-6-11-9(12-7-16-13(15)18-12)5-8-3-1-2-4-10(8)17-11/h1-5,7H,(H2,15,16). The molecule has 2 heterocycles. The van der Waals surface area contributed by atoms with E-state index in [0.29, 0.717) is 10.8 Å². The Hall–Kier alpha value is -2.45. The van der Waals surface area contributed by atoms with Crippen molar-refractivity contribution in [3.8, 4) is 16.5 Å². The van der Waals surface area contributed by atoms with E-state index in [9.17, 15) is 5.26 Å². The van der Waals surface area contributed by atoms with Crippen LogP contribution < -0.4 is 5.73 Å². The third kappa shape index (κ3) is 1.69. The van der Waals surface area contributed by atoms with E-state index < -0.39 is 0 Å². The van der Waals surface area contributed by atoms with E-state index in [1.165, 1.54) is 11.3 Å². The van der Waals surface area contributed by atoms with E-state index >= 15 is 0 Å². The number of nitrogen functional groups attached to an aromatic ring is 1. The maximum absolute atomic E-state index is 9.19. The molecule has 2 aromatic heterocycles. The summed E-state index contributed by atoms with van der Waals surface area (Å²) in [6.45, 7) is 0. The highest BCUT2D eigenvalue weighted by Crippen LogP contribution is 2.31. The fraction of sp³-hybridized carbons (Fsp3) is 0. The molecular formula is C13H8N4S. The second kappa shape index (κ2) is 4.09. The number of aromatic nitrogens is 2. The lowest BCUT2D eigenvalue weighted by Crippen LogP contribution is -1.89. The van der Waals surface area contributed by atoms with Gasteiger partial charge in [-0.3, -0.25) is 0 Å². The number of hydrogen-bond donors (Lipinski definition) is 1. The SMILES string of the molecule is N#Cc1nc2ccccc2cc1-c1cnc(N)s1. The van der Waals surface area contributed by atoms with Crippen LogP contribution in [0.25, 0.3) is 21.3 Å². The van der Waals surface area contributed by atoms with Crippen LogP contribution in [0, 0.1) is 11.3 Å². The summed E-state index contributed by atoms with van der Waals surface area (Å²) in [5, 5.41) is 10.7. The summed E-state index contributed by atoms with van der Waals surface area (Å²) in [4.78, 5) is 9.23. The molecule has 0 spiro atoms. The van der Waals surface area contributed by atoms with Crippen LogP contribution in [0.4, 0.5) is 5.13 Å². The van der Waals surface area contributed by atoms with Crippen molar-refractivity contribution in [2.45, 2.75) is 0 Å². The molecule has 0 unspecified atom stereocenters. The van der Waals surface area contributed by atoms with Crippen molar-refractivity contribution in [1.82, 2.24) is 9.97 Å². The number of anilines is 1. The highest BCUT2D eigenvalue weighted by Gasteiger charge is 2.11. The van der Waals surface area contributed by atoms with Gasteiger partial charge in [-0.2, -0.15) is 5.26 Å². The van der Waals surface area contributed by atoms with Gasteiger partial charge in [0.1, 0.15) is 11.8 Å². The first-order chi connectivity index (χ1) is 8.78. The highest BCUT2D eigenvalue weighted by molar-refractivity contribution is 7.18. The first kappa shape index (κ1) is 10.7. The van der Waals surface area contributed by atoms with Crippen molar-refractivity contribution >= 4 is 27.4 Å². The van der Waals surface area contributed by atoms with Gasteiger partial charge >= 0.3 is 0 Å². The lowest BCUT2D eigenvalue weighted by Gasteiger charge is -2.03. The minimum atomic E-state index is 0.400. The quantitative estimate of drug-likeness (QED) is 0.722. The van der Waals surface area contributed by atoms with E-state index in [1.54, 1.807) is 6.20 Å². The first-order valence-corrected chi connectivity index (χ1v) is 6.11. The molecule has 4 nitrogen and oxygen atoms in total. The maximum atomic E-state index is 9.19. The summed E-state index contributed by atoms with van der Waals surface area (Å²) in [5.74, 6) is 0. The Labute approximate surface area is 107 Å². The predicted octanol–water partition coefficient (Wildman–Crippen LogP) is 2.81. The summed E-state index contributed by atoms with van der Waals surface area (Å²) >= 11 is 1.35. The number of pyridine rings is 1. The Morgan fingerprint density at radius 1 is 1.28 bits per heavy atom. The molecule has 0 aliphatic rings. The fourth-order valence-corrected chi connectivity index (χ4v) is 2.50. The van der Waals surface area contributed by atoms with Crippen LogP contribution in [0.3, 0.4) is 0 Å². The molecule has 3 rings (SSSR count). The molecule has 18 heavy (non-hydrogen) atoms. The number of nitrogens with two attached hydrogens (primary N) is 1. The number of thiazole rings is 1. The van der Waals surface area contributed by atoms with Crippen LogP contribution in [-0.2, 0) is 0 Å². The molecule has 0 atom stereocenters. The zero-order valence-corrected chi connectivity index (χ0v) is 10.1. The van der Waals surface area contributed by atoms with Gasteiger partial charge in [0.05, 0.1) is 10.4 Å². The zero-order valence-electron chi connectivity index (χ0n) is 9.29. The second-order valence-corrected chi connectivity index (χ2v) is 4.81. The average Bonchev–Trinajstić information content (AvgIpc) is 2.83. The van der Waals surface area contributed by atoms with Gasteiger partial charge in [-0.25, -0.2) is 9.97 Å². The van der Waals surface area contributed by atoms with E-state index in [-0.39, 0.29) is 0 Å². The normalized spacial score (nSPS) is 10.4. The summed E-state index contributed by atoms with van der Waals surface area (Å²) in [6.07, 6.45) is 1.67. The van der Waals surface area contributed by atoms with Crippen LogP contribution >= 0.6 is 11.3 Å². The molecule has 0 saturated heterocycles. The van der Waals surface area contributed by atoms with Gasteiger partial charge in [0.2, 0.25) is 0 Å². The van der Waals surface area contributed by atoms with E-state index in [1.807, 2.05) is 30.3 Å². The Balaban J connectivity index is 2.31. The third-order valence-electron chi connectivity index (χ3n) is 2.62. The first-order valence-electron chi connectivity index (χ1n) is 5.29. The highest BCUT2D eigenvalue weighted by atomic mass is 32.1. The summed E-state index contributed by atoms with van der Waals surface area (Å²) in [7, 11) is 0. The zero-order chi connectivity index (χ0) is 12.5. The summed E-state index contributed by atoms with van der Waals surface area (Å²) in [6, 6.07) is 11.8. The largest absolute Gasteiger partial charge is 0.375 e. The van der Waals surface area contributed by atoms with Crippen LogP contribution in [0.5, 0.6) is 0 Å². The third-order valence-corrected chi connectivity index (χ3v) is 3.48. The van der Waals surface area contributed by atoms with E-state index in [0.717, 1.165) is 21.3 Å². The van der Waals surface area contributed by atoms with Gasteiger partial charge in [0.25, 0.3) is 0 Å². The molecule has 0 aliphatic carbocycles. The van der Waals surface area contributed by atoms with Crippen molar-refractivity contribution in [2.24, 2.45) is 0 Å². The molecule has 2 N–H and O–H groups in total. The monoisotopic (exact) mass is 252 g/mol. The minimum absolute atomic E-state index is 0.400. The Morgan fingerprint density at radius 3 is 2.83 bits per heavy atom. The van der Waals surface area contributed by atoms with E-state index in [4.69, 9.17) is 5.73 Å². The molecule has 86 valence electrons. The number of para-hydroxylation sites is 1. The number of fused-ring (bicyclic) bond motifs is 1. The molecule has 5 heteroatoms. The Kier molecular flexibility index (Phi) is 2.43. The molecule has 0 radical (unpaired) electrons. The Morgan fingerprint density at radius 2 is 2.11 bits per heavy atom. The molecule has 0 fully saturated rings.